The average molecular weight is 348 g/mol. The molecule has 0 unspecified atom stereocenters. The number of nitrogens with zero attached hydrogens (tertiary/aromatic N) is 2. The highest BCUT2D eigenvalue weighted by molar-refractivity contribution is 9.10. The Labute approximate surface area is 128 Å². The van der Waals surface area contributed by atoms with Gasteiger partial charge in [0.1, 0.15) is 0 Å². The van der Waals surface area contributed by atoms with Crippen molar-refractivity contribution in [1.82, 2.24) is 5.43 Å². The molecule has 0 aliphatic heterocycles. The van der Waals surface area contributed by atoms with Crippen LogP contribution in [0.15, 0.2) is 58.1 Å². The summed E-state index contributed by atoms with van der Waals surface area (Å²) in [4.78, 5) is 22.2. The molecule has 0 heterocycles. The molecule has 6 nitrogen and oxygen atoms in total. The largest absolute Gasteiger partial charge is 0.278 e. The van der Waals surface area contributed by atoms with Crippen LogP contribution in [0.3, 0.4) is 0 Å². The van der Waals surface area contributed by atoms with Gasteiger partial charge in [0.25, 0.3) is 11.6 Å². The van der Waals surface area contributed by atoms with Gasteiger partial charge in [-0.25, -0.2) is 5.43 Å². The van der Waals surface area contributed by atoms with E-state index in [2.05, 4.69) is 26.5 Å². The summed E-state index contributed by atoms with van der Waals surface area (Å²) < 4.78 is 0.776. The zero-order valence-corrected chi connectivity index (χ0v) is 12.3. The molecule has 2 aromatic carbocycles. The molecule has 106 valence electrons. The number of hydrogen-bond acceptors (Lipinski definition) is 4. The fourth-order valence-corrected chi connectivity index (χ4v) is 2.02. The third-order valence-electron chi connectivity index (χ3n) is 2.59. The smallest absolute Gasteiger partial charge is 0.267 e. The minimum atomic E-state index is -0.502. The molecule has 0 aliphatic rings. The van der Waals surface area contributed by atoms with Crippen molar-refractivity contribution in [3.8, 4) is 0 Å². The van der Waals surface area contributed by atoms with Crippen LogP contribution in [0.4, 0.5) is 5.69 Å². The molecule has 0 spiro atoms. The summed E-state index contributed by atoms with van der Waals surface area (Å²) in [6.45, 7) is 0. The van der Waals surface area contributed by atoms with E-state index in [9.17, 15) is 14.9 Å². The van der Waals surface area contributed by atoms with Gasteiger partial charge in [0, 0.05) is 16.1 Å². The predicted molar refractivity (Wildman–Crippen MR) is 82.3 cm³/mol. The summed E-state index contributed by atoms with van der Waals surface area (Å²) in [5.74, 6) is -0.397. The van der Waals surface area contributed by atoms with Crippen molar-refractivity contribution in [2.24, 2.45) is 5.10 Å². The number of hydrazone groups is 1. The molecule has 0 saturated heterocycles. The number of benzene rings is 2. The fraction of sp³-hybridized carbons (Fsp3) is 0. The molecule has 0 bridgehead atoms. The van der Waals surface area contributed by atoms with E-state index in [1.54, 1.807) is 42.5 Å². The number of carbonyl (C=O) groups excluding carboxylic acids is 1. The highest BCUT2D eigenvalue weighted by Gasteiger charge is 2.10. The van der Waals surface area contributed by atoms with E-state index < -0.39 is 10.8 Å². The van der Waals surface area contributed by atoms with Crippen LogP contribution in [0.2, 0.25) is 0 Å². The second kappa shape index (κ2) is 6.76. The predicted octanol–water partition coefficient (Wildman–Crippen LogP) is 3.12. The zero-order chi connectivity index (χ0) is 15.2. The summed E-state index contributed by atoms with van der Waals surface area (Å²) in [7, 11) is 0. The standard InChI is InChI=1S/C14H10BrN3O3/c15-12-6-3-5-10(8-12)14(19)17-16-9-11-4-1-2-7-13(11)18(20)21/h1-9H,(H,17,19). The minimum absolute atomic E-state index is 0.0713. The lowest BCUT2D eigenvalue weighted by Crippen LogP contribution is -2.17. The molecule has 2 aromatic rings. The molecule has 0 atom stereocenters. The molecule has 7 heteroatoms. The molecule has 21 heavy (non-hydrogen) atoms. The van der Waals surface area contributed by atoms with Gasteiger partial charge >= 0.3 is 0 Å². The Balaban J connectivity index is 2.09. The number of halogens is 1. The Morgan fingerprint density at radius 3 is 2.71 bits per heavy atom. The quantitative estimate of drug-likeness (QED) is 0.523. The number of rotatable bonds is 4. The number of hydrogen-bond donors (Lipinski definition) is 1. The van der Waals surface area contributed by atoms with Gasteiger partial charge in [-0.3, -0.25) is 14.9 Å². The van der Waals surface area contributed by atoms with Crippen molar-refractivity contribution >= 4 is 33.7 Å². The van der Waals surface area contributed by atoms with E-state index in [1.807, 2.05) is 0 Å². The lowest BCUT2D eigenvalue weighted by atomic mass is 10.2. The topological polar surface area (TPSA) is 84.6 Å². The van der Waals surface area contributed by atoms with Crippen LogP contribution in [0.5, 0.6) is 0 Å². The number of amides is 1. The van der Waals surface area contributed by atoms with Crippen LogP contribution in [0.25, 0.3) is 0 Å². The van der Waals surface area contributed by atoms with Gasteiger partial charge in [0.2, 0.25) is 0 Å². The molecule has 0 saturated carbocycles. The third kappa shape index (κ3) is 3.96. The van der Waals surface area contributed by atoms with Crippen LogP contribution in [-0.4, -0.2) is 17.0 Å². The molecular formula is C14H10BrN3O3. The summed E-state index contributed by atoms with van der Waals surface area (Å²) in [6.07, 6.45) is 1.24. The van der Waals surface area contributed by atoms with E-state index in [4.69, 9.17) is 0 Å². The maximum atomic E-state index is 11.8. The van der Waals surface area contributed by atoms with Crippen molar-refractivity contribution in [3.05, 3.63) is 74.2 Å². The Morgan fingerprint density at radius 1 is 1.24 bits per heavy atom. The molecule has 0 aromatic heterocycles. The second-order valence-electron chi connectivity index (χ2n) is 4.03. The Bertz CT molecular complexity index is 716. The highest BCUT2D eigenvalue weighted by Crippen LogP contribution is 2.15. The molecule has 0 aliphatic carbocycles. The maximum absolute atomic E-state index is 11.8. The van der Waals surface area contributed by atoms with Crippen LogP contribution in [-0.2, 0) is 0 Å². The Kier molecular flexibility index (Phi) is 4.78. The van der Waals surface area contributed by atoms with Gasteiger partial charge in [-0.1, -0.05) is 34.1 Å². The van der Waals surface area contributed by atoms with Gasteiger partial charge in [-0.05, 0) is 24.3 Å². The summed E-state index contributed by atoms with van der Waals surface area (Å²) in [6, 6.07) is 13.0. The van der Waals surface area contributed by atoms with E-state index in [0.717, 1.165) is 4.47 Å². The average Bonchev–Trinajstić information content (AvgIpc) is 2.47. The van der Waals surface area contributed by atoms with Crippen LogP contribution >= 0.6 is 15.9 Å². The Morgan fingerprint density at radius 2 is 2.00 bits per heavy atom. The van der Waals surface area contributed by atoms with E-state index >= 15 is 0 Å². The van der Waals surface area contributed by atoms with Crippen molar-refractivity contribution in [2.75, 3.05) is 0 Å². The minimum Gasteiger partial charge on any atom is -0.267 e. The lowest BCUT2D eigenvalue weighted by Gasteiger charge is -2.00. The first kappa shape index (κ1) is 14.9. The first-order valence-electron chi connectivity index (χ1n) is 5.90. The Hall–Kier alpha value is -2.54. The van der Waals surface area contributed by atoms with Crippen LogP contribution < -0.4 is 5.43 Å². The summed E-state index contributed by atoms with van der Waals surface area (Å²) >= 11 is 3.27. The van der Waals surface area contributed by atoms with Crippen LogP contribution in [0, 0.1) is 10.1 Å². The second-order valence-corrected chi connectivity index (χ2v) is 4.94. The van der Waals surface area contributed by atoms with E-state index in [-0.39, 0.29) is 5.69 Å². The SMILES string of the molecule is O=C(NN=Cc1ccccc1[N+](=O)[O-])c1cccc(Br)c1. The third-order valence-corrected chi connectivity index (χ3v) is 3.08. The van der Waals surface area contributed by atoms with Crippen LogP contribution in [0.1, 0.15) is 15.9 Å². The number of para-hydroxylation sites is 1. The molecular weight excluding hydrogens is 338 g/mol. The lowest BCUT2D eigenvalue weighted by molar-refractivity contribution is -0.385. The first-order valence-corrected chi connectivity index (χ1v) is 6.69. The number of carbonyl (C=O) groups is 1. The number of nitro benzene ring substituents is 1. The van der Waals surface area contributed by atoms with Crippen molar-refractivity contribution in [2.45, 2.75) is 0 Å². The number of nitrogens with one attached hydrogen (secondary N) is 1. The highest BCUT2D eigenvalue weighted by atomic mass is 79.9. The van der Waals surface area contributed by atoms with Gasteiger partial charge in [-0.2, -0.15) is 5.10 Å². The van der Waals surface area contributed by atoms with Crippen molar-refractivity contribution in [3.63, 3.8) is 0 Å². The summed E-state index contributed by atoms with van der Waals surface area (Å²) in [5, 5.41) is 14.6. The normalized spacial score (nSPS) is 10.5. The zero-order valence-electron chi connectivity index (χ0n) is 10.7. The van der Waals surface area contributed by atoms with E-state index in [1.165, 1.54) is 12.3 Å². The van der Waals surface area contributed by atoms with Gasteiger partial charge in [0.15, 0.2) is 0 Å². The fourth-order valence-electron chi connectivity index (χ4n) is 1.62. The summed E-state index contributed by atoms with van der Waals surface area (Å²) in [5.41, 5.74) is 3.01. The molecule has 0 radical (unpaired) electrons. The maximum Gasteiger partial charge on any atom is 0.278 e. The van der Waals surface area contributed by atoms with Gasteiger partial charge in [-0.15, -0.1) is 0 Å². The van der Waals surface area contributed by atoms with Gasteiger partial charge in [0.05, 0.1) is 16.7 Å². The van der Waals surface area contributed by atoms with Gasteiger partial charge < -0.3 is 0 Å². The number of nitro groups is 1. The molecule has 1 N–H and O–H groups in total. The monoisotopic (exact) mass is 347 g/mol. The van der Waals surface area contributed by atoms with Crippen molar-refractivity contribution < 1.29 is 9.72 Å². The molecule has 2 rings (SSSR count). The van der Waals surface area contributed by atoms with E-state index in [0.29, 0.717) is 11.1 Å². The first-order chi connectivity index (χ1) is 10.1. The molecule has 1 amide bonds. The molecule has 0 fully saturated rings. The van der Waals surface area contributed by atoms with Crippen molar-refractivity contribution in [1.29, 1.82) is 0 Å².